The van der Waals surface area contributed by atoms with E-state index in [-0.39, 0.29) is 6.29 Å². The van der Waals surface area contributed by atoms with Gasteiger partial charge in [0.1, 0.15) is 0 Å². The Kier molecular flexibility index (Phi) is 8.21. The fourth-order valence-corrected chi connectivity index (χ4v) is 2.29. The van der Waals surface area contributed by atoms with Crippen LogP contribution in [0.4, 0.5) is 0 Å². The summed E-state index contributed by atoms with van der Waals surface area (Å²) in [6, 6.07) is 0. The van der Waals surface area contributed by atoms with Gasteiger partial charge in [-0.15, -0.1) is 0 Å². The van der Waals surface area contributed by atoms with E-state index in [2.05, 4.69) is 6.92 Å². The Labute approximate surface area is 93.1 Å². The first kappa shape index (κ1) is 15.0. The van der Waals surface area contributed by atoms with Crippen LogP contribution in [0.5, 0.6) is 0 Å². The molecule has 0 amide bonds. The Morgan fingerprint density at radius 2 is 1.60 bits per heavy atom. The van der Waals surface area contributed by atoms with Crippen molar-refractivity contribution in [3.05, 3.63) is 0 Å². The molecule has 0 spiro atoms. The van der Waals surface area contributed by atoms with E-state index in [1.54, 1.807) is 6.92 Å². The van der Waals surface area contributed by atoms with Gasteiger partial charge in [0.05, 0.1) is 0 Å². The summed E-state index contributed by atoms with van der Waals surface area (Å²) in [5, 5.41) is 0. The number of rotatable bonds is 9. The van der Waals surface area contributed by atoms with Crippen molar-refractivity contribution in [3.8, 4) is 0 Å². The van der Waals surface area contributed by atoms with Gasteiger partial charge in [-0.2, -0.15) is 0 Å². The molecule has 0 aliphatic heterocycles. The minimum absolute atomic E-state index is 0.386. The van der Waals surface area contributed by atoms with Gasteiger partial charge in [-0.3, -0.25) is 0 Å². The molecule has 0 aromatic heterocycles. The van der Waals surface area contributed by atoms with Gasteiger partial charge in [0, 0.05) is 27.9 Å². The summed E-state index contributed by atoms with van der Waals surface area (Å²) in [5.74, 6) is 0. The second-order valence-corrected chi connectivity index (χ2v) is 5.48. The van der Waals surface area contributed by atoms with Crippen LogP contribution < -0.4 is 0 Å². The lowest BCUT2D eigenvalue weighted by Gasteiger charge is -2.26. The zero-order valence-corrected chi connectivity index (χ0v) is 11.2. The van der Waals surface area contributed by atoms with Crippen LogP contribution in [-0.4, -0.2) is 43.3 Å². The van der Waals surface area contributed by atoms with Crippen LogP contribution in [0.15, 0.2) is 0 Å². The van der Waals surface area contributed by atoms with Gasteiger partial charge in [-0.05, 0) is 13.3 Å². The largest absolute Gasteiger partial charge is 0.680 e. The summed E-state index contributed by atoms with van der Waals surface area (Å²) in [7, 11) is 1.53. The molecular formula is C9H22O5Si. The monoisotopic (exact) mass is 238 g/mol. The number of hydrogen-bond acceptors (Lipinski definition) is 5. The molecule has 0 aromatic rings. The fraction of sp³-hybridized carbons (Fsp3) is 1.00. The first-order valence-electron chi connectivity index (χ1n) is 5.09. The first-order chi connectivity index (χ1) is 7.14. The summed E-state index contributed by atoms with van der Waals surface area (Å²) in [6.45, 7) is 4.57. The van der Waals surface area contributed by atoms with Gasteiger partial charge in [0.15, 0.2) is 6.29 Å². The van der Waals surface area contributed by atoms with E-state index in [1.165, 1.54) is 21.3 Å². The van der Waals surface area contributed by atoms with E-state index in [4.69, 9.17) is 22.4 Å². The number of hydrogen-bond donors (Lipinski definition) is 0. The molecule has 0 radical (unpaired) electrons. The van der Waals surface area contributed by atoms with Crippen LogP contribution in [0.2, 0.25) is 0 Å². The van der Waals surface area contributed by atoms with Crippen LogP contribution in [0.3, 0.4) is 0 Å². The lowest BCUT2D eigenvalue weighted by molar-refractivity contribution is -0.130. The molecule has 0 bridgehead atoms. The first-order valence-corrected chi connectivity index (χ1v) is 6.72. The van der Waals surface area contributed by atoms with E-state index in [0.29, 0.717) is 6.61 Å². The maximum atomic E-state index is 5.48. The van der Waals surface area contributed by atoms with Crippen molar-refractivity contribution in [3.63, 3.8) is 0 Å². The van der Waals surface area contributed by atoms with Crippen molar-refractivity contribution in [2.75, 3.05) is 27.9 Å². The molecule has 0 saturated heterocycles. The summed E-state index contributed by atoms with van der Waals surface area (Å²) >= 11 is 0. The third-order valence-electron chi connectivity index (χ3n) is 1.91. The maximum Gasteiger partial charge on any atom is 0.680 e. The van der Waals surface area contributed by atoms with Crippen molar-refractivity contribution >= 4 is 9.05 Å². The van der Waals surface area contributed by atoms with E-state index < -0.39 is 9.05 Å². The molecule has 5 nitrogen and oxygen atoms in total. The molecule has 15 heavy (non-hydrogen) atoms. The average molecular weight is 238 g/mol. The SMILES string of the molecule is CCCCOC(C)O[Si](OC)(OC)OC. The molecule has 6 heteroatoms. The normalized spacial score (nSPS) is 14.2. The van der Waals surface area contributed by atoms with E-state index >= 15 is 0 Å². The Morgan fingerprint density at radius 3 is 2.00 bits per heavy atom. The lowest BCUT2D eigenvalue weighted by Crippen LogP contribution is -2.49. The van der Waals surface area contributed by atoms with Gasteiger partial charge in [0.25, 0.3) is 0 Å². The standard InChI is InChI=1S/C9H22O5Si/c1-6-7-8-13-9(2)14-15(10-3,11-4)12-5/h9H,6-8H2,1-5H3. The van der Waals surface area contributed by atoms with Gasteiger partial charge >= 0.3 is 9.05 Å². The molecule has 0 rings (SSSR count). The number of ether oxygens (including phenoxy) is 1. The fourth-order valence-electron chi connectivity index (χ4n) is 1.03. The van der Waals surface area contributed by atoms with E-state index in [1.807, 2.05) is 0 Å². The Morgan fingerprint density at radius 1 is 1.07 bits per heavy atom. The molecule has 0 saturated carbocycles. The maximum absolute atomic E-state index is 5.48. The smallest absolute Gasteiger partial charge is 0.355 e. The molecule has 0 N–H and O–H groups in total. The molecule has 92 valence electrons. The minimum atomic E-state index is -2.97. The van der Waals surface area contributed by atoms with Gasteiger partial charge in [0.2, 0.25) is 0 Å². The summed E-state index contributed by atoms with van der Waals surface area (Å²) < 4.78 is 26.2. The molecule has 0 aliphatic rings. The lowest BCUT2D eigenvalue weighted by atomic mass is 10.4. The minimum Gasteiger partial charge on any atom is -0.355 e. The predicted octanol–water partition coefficient (Wildman–Crippen LogP) is 1.54. The molecule has 0 fully saturated rings. The zero-order valence-electron chi connectivity index (χ0n) is 10.2. The van der Waals surface area contributed by atoms with Crippen molar-refractivity contribution in [2.45, 2.75) is 33.0 Å². The average Bonchev–Trinajstić information content (AvgIpc) is 2.26. The topological polar surface area (TPSA) is 46.2 Å². The van der Waals surface area contributed by atoms with Crippen molar-refractivity contribution in [1.29, 1.82) is 0 Å². The molecule has 0 aliphatic carbocycles. The van der Waals surface area contributed by atoms with Gasteiger partial charge in [-0.1, -0.05) is 13.3 Å². The quantitative estimate of drug-likeness (QED) is 0.346. The highest BCUT2D eigenvalue weighted by Crippen LogP contribution is 2.12. The Balaban J connectivity index is 3.94. The molecule has 0 aromatic carbocycles. The van der Waals surface area contributed by atoms with Crippen molar-refractivity contribution < 1.29 is 22.4 Å². The highest BCUT2D eigenvalue weighted by Gasteiger charge is 2.44. The molecule has 1 unspecified atom stereocenters. The van der Waals surface area contributed by atoms with Crippen LogP contribution >= 0.6 is 0 Å². The van der Waals surface area contributed by atoms with Crippen LogP contribution in [0, 0.1) is 0 Å². The molecule has 0 heterocycles. The van der Waals surface area contributed by atoms with Crippen LogP contribution in [-0.2, 0) is 22.4 Å². The summed E-state index contributed by atoms with van der Waals surface area (Å²) in [5.41, 5.74) is 0. The predicted molar refractivity (Wildman–Crippen MR) is 58.2 cm³/mol. The Bertz CT molecular complexity index is 143. The van der Waals surface area contributed by atoms with Gasteiger partial charge < -0.3 is 22.4 Å². The number of unbranched alkanes of at least 4 members (excludes halogenated alkanes) is 1. The van der Waals surface area contributed by atoms with Gasteiger partial charge in [-0.25, -0.2) is 0 Å². The second kappa shape index (κ2) is 8.20. The third kappa shape index (κ3) is 5.60. The van der Waals surface area contributed by atoms with Crippen molar-refractivity contribution in [2.24, 2.45) is 0 Å². The van der Waals surface area contributed by atoms with E-state index in [9.17, 15) is 0 Å². The van der Waals surface area contributed by atoms with E-state index in [0.717, 1.165) is 12.8 Å². The highest BCUT2D eigenvalue weighted by molar-refractivity contribution is 6.53. The van der Waals surface area contributed by atoms with Crippen molar-refractivity contribution in [1.82, 2.24) is 0 Å². The highest BCUT2D eigenvalue weighted by atomic mass is 28.4. The second-order valence-electron chi connectivity index (χ2n) is 3.02. The summed E-state index contributed by atoms with van der Waals surface area (Å²) in [6.07, 6.45) is 1.71. The zero-order chi connectivity index (χ0) is 11.7. The molecule has 1 atom stereocenters. The summed E-state index contributed by atoms with van der Waals surface area (Å²) in [4.78, 5) is 0. The van der Waals surface area contributed by atoms with Crippen LogP contribution in [0.25, 0.3) is 0 Å². The third-order valence-corrected chi connectivity index (χ3v) is 4.03. The van der Waals surface area contributed by atoms with Crippen LogP contribution in [0.1, 0.15) is 26.7 Å². The molecular weight excluding hydrogens is 216 g/mol. The Hall–Kier alpha value is 0.0169.